The van der Waals surface area contributed by atoms with Crippen LogP contribution in [0.5, 0.6) is 0 Å². The van der Waals surface area contributed by atoms with Crippen LogP contribution in [0.4, 0.5) is 5.69 Å². The molecule has 1 heterocycles. The van der Waals surface area contributed by atoms with Crippen LogP contribution in [0.3, 0.4) is 0 Å². The summed E-state index contributed by atoms with van der Waals surface area (Å²) in [5.74, 6) is -1.66. The molecule has 0 spiro atoms. The standard InChI is InChI=1S/C18H18N2O6/c1-9-6-5-7-13(17(9)20(24)25)18(23)26-8-14(22)16-10(2)15(12(4)21)11(3)19-16/h5-7,19H,8H2,1-4H3. The molecule has 136 valence electrons. The minimum atomic E-state index is -0.957. The molecule has 0 atom stereocenters. The van der Waals surface area contributed by atoms with E-state index in [4.69, 9.17) is 4.74 Å². The molecule has 8 heteroatoms. The summed E-state index contributed by atoms with van der Waals surface area (Å²) < 4.78 is 4.96. The number of carbonyl (C=O) groups is 3. The number of carbonyl (C=O) groups excluding carboxylic acids is 3. The Bertz CT molecular complexity index is 926. The zero-order valence-corrected chi connectivity index (χ0v) is 14.8. The van der Waals surface area contributed by atoms with Gasteiger partial charge in [0.25, 0.3) is 5.69 Å². The third kappa shape index (κ3) is 3.53. The number of ketones is 2. The van der Waals surface area contributed by atoms with Crippen molar-refractivity contribution >= 4 is 23.2 Å². The number of para-hydroxylation sites is 1. The zero-order valence-electron chi connectivity index (χ0n) is 14.8. The highest BCUT2D eigenvalue weighted by Crippen LogP contribution is 2.24. The van der Waals surface area contributed by atoms with E-state index in [1.165, 1.54) is 32.0 Å². The normalized spacial score (nSPS) is 10.5. The first-order valence-electron chi connectivity index (χ1n) is 7.79. The summed E-state index contributed by atoms with van der Waals surface area (Å²) in [5, 5.41) is 11.1. The number of nitro groups is 1. The third-order valence-electron chi connectivity index (χ3n) is 4.04. The number of benzene rings is 1. The number of esters is 1. The summed E-state index contributed by atoms with van der Waals surface area (Å²) in [6.45, 7) is 5.61. The molecular formula is C18H18N2O6. The van der Waals surface area contributed by atoms with Crippen molar-refractivity contribution in [3.8, 4) is 0 Å². The topological polar surface area (TPSA) is 119 Å². The number of rotatable bonds is 6. The molecule has 1 aromatic heterocycles. The van der Waals surface area contributed by atoms with Crippen LogP contribution >= 0.6 is 0 Å². The molecule has 0 saturated carbocycles. The van der Waals surface area contributed by atoms with Crippen molar-refractivity contribution in [3.63, 3.8) is 0 Å². The van der Waals surface area contributed by atoms with E-state index in [2.05, 4.69) is 4.98 Å². The van der Waals surface area contributed by atoms with Crippen LogP contribution < -0.4 is 0 Å². The van der Waals surface area contributed by atoms with E-state index in [9.17, 15) is 24.5 Å². The number of aryl methyl sites for hydroxylation is 2. The van der Waals surface area contributed by atoms with Crippen LogP contribution in [0.15, 0.2) is 18.2 Å². The van der Waals surface area contributed by atoms with Crippen LogP contribution in [0, 0.1) is 30.9 Å². The van der Waals surface area contributed by atoms with Crippen molar-refractivity contribution in [1.29, 1.82) is 0 Å². The Morgan fingerprint density at radius 2 is 1.85 bits per heavy atom. The molecule has 0 saturated heterocycles. The Labute approximate surface area is 149 Å². The largest absolute Gasteiger partial charge is 0.453 e. The first kappa shape index (κ1) is 19.0. The van der Waals surface area contributed by atoms with Gasteiger partial charge in [0.05, 0.1) is 10.6 Å². The molecule has 0 aliphatic heterocycles. The number of hydrogen-bond acceptors (Lipinski definition) is 6. The van der Waals surface area contributed by atoms with Crippen molar-refractivity contribution in [2.75, 3.05) is 6.61 Å². The first-order valence-corrected chi connectivity index (χ1v) is 7.79. The Morgan fingerprint density at radius 3 is 2.38 bits per heavy atom. The number of nitrogens with zero attached hydrogens (tertiary/aromatic N) is 1. The molecule has 0 radical (unpaired) electrons. The summed E-state index contributed by atoms with van der Waals surface area (Å²) in [7, 11) is 0. The van der Waals surface area contributed by atoms with Gasteiger partial charge in [0.15, 0.2) is 12.4 Å². The highest BCUT2D eigenvalue weighted by Gasteiger charge is 2.25. The van der Waals surface area contributed by atoms with E-state index in [1.54, 1.807) is 13.8 Å². The van der Waals surface area contributed by atoms with Crippen molar-refractivity contribution in [2.24, 2.45) is 0 Å². The number of nitrogens with one attached hydrogen (secondary N) is 1. The highest BCUT2D eigenvalue weighted by atomic mass is 16.6. The number of nitro benzene ring substituents is 1. The van der Waals surface area contributed by atoms with Crippen LogP contribution in [0.25, 0.3) is 0 Å². The second-order valence-electron chi connectivity index (χ2n) is 5.91. The summed E-state index contributed by atoms with van der Waals surface area (Å²) >= 11 is 0. The van der Waals surface area contributed by atoms with Crippen LogP contribution in [-0.2, 0) is 4.74 Å². The van der Waals surface area contributed by atoms with Gasteiger partial charge in [-0.15, -0.1) is 0 Å². The molecule has 0 aliphatic rings. The summed E-state index contributed by atoms with van der Waals surface area (Å²) in [5.41, 5.74) is 1.39. The van der Waals surface area contributed by atoms with Gasteiger partial charge in [-0.2, -0.15) is 0 Å². The van der Waals surface area contributed by atoms with Gasteiger partial charge in [-0.1, -0.05) is 12.1 Å². The summed E-state index contributed by atoms with van der Waals surface area (Å²) in [6.07, 6.45) is 0. The molecule has 2 rings (SSSR count). The maximum atomic E-state index is 12.3. The van der Waals surface area contributed by atoms with E-state index in [1.807, 2.05) is 0 Å². The number of Topliss-reactive ketones (excluding diaryl/α,β-unsaturated/α-hetero) is 2. The van der Waals surface area contributed by atoms with E-state index in [0.717, 1.165) is 0 Å². The predicted molar refractivity (Wildman–Crippen MR) is 92.7 cm³/mol. The fraction of sp³-hybridized carbons (Fsp3) is 0.278. The Hall–Kier alpha value is -3.29. The quantitative estimate of drug-likeness (QED) is 0.367. The lowest BCUT2D eigenvalue weighted by molar-refractivity contribution is -0.385. The van der Waals surface area contributed by atoms with Crippen molar-refractivity contribution < 1.29 is 24.0 Å². The van der Waals surface area contributed by atoms with Gasteiger partial charge in [0.1, 0.15) is 5.56 Å². The third-order valence-corrected chi connectivity index (χ3v) is 4.04. The van der Waals surface area contributed by atoms with Crippen LogP contribution in [-0.4, -0.2) is 34.0 Å². The second kappa shape index (κ2) is 7.30. The predicted octanol–water partition coefficient (Wildman–Crippen LogP) is 3.09. The lowest BCUT2D eigenvalue weighted by Gasteiger charge is -2.06. The molecule has 0 bridgehead atoms. The number of hydrogen-bond donors (Lipinski definition) is 1. The SMILES string of the molecule is CC(=O)c1c(C)[nH]c(C(=O)COC(=O)c2cccc(C)c2[N+](=O)[O-])c1C. The van der Waals surface area contributed by atoms with E-state index < -0.39 is 23.3 Å². The Balaban J connectivity index is 2.20. The first-order chi connectivity index (χ1) is 12.1. The molecule has 1 aromatic carbocycles. The second-order valence-corrected chi connectivity index (χ2v) is 5.91. The van der Waals surface area contributed by atoms with Gasteiger partial charge >= 0.3 is 5.97 Å². The van der Waals surface area contributed by atoms with Crippen molar-refractivity contribution in [3.05, 3.63) is 62.0 Å². The summed E-state index contributed by atoms with van der Waals surface area (Å²) in [4.78, 5) is 49.4. The van der Waals surface area contributed by atoms with Crippen LogP contribution in [0.1, 0.15) is 54.9 Å². The van der Waals surface area contributed by atoms with E-state index >= 15 is 0 Å². The monoisotopic (exact) mass is 358 g/mol. The molecular weight excluding hydrogens is 340 g/mol. The van der Waals surface area contributed by atoms with Gasteiger partial charge in [0, 0.05) is 16.8 Å². The fourth-order valence-corrected chi connectivity index (χ4v) is 2.90. The minimum absolute atomic E-state index is 0.178. The Kier molecular flexibility index (Phi) is 5.35. The average Bonchev–Trinajstić information content (AvgIpc) is 2.86. The van der Waals surface area contributed by atoms with Gasteiger partial charge in [-0.25, -0.2) is 4.79 Å². The molecule has 0 fully saturated rings. The smallest absolute Gasteiger partial charge is 0.345 e. The number of ether oxygens (including phenoxy) is 1. The molecule has 8 nitrogen and oxygen atoms in total. The van der Waals surface area contributed by atoms with Gasteiger partial charge in [-0.05, 0) is 39.3 Å². The maximum Gasteiger partial charge on any atom is 0.345 e. The Morgan fingerprint density at radius 1 is 1.19 bits per heavy atom. The average molecular weight is 358 g/mol. The molecule has 26 heavy (non-hydrogen) atoms. The number of aromatic amines is 1. The number of H-pyrrole nitrogens is 1. The summed E-state index contributed by atoms with van der Waals surface area (Å²) in [6, 6.07) is 4.28. The van der Waals surface area contributed by atoms with Gasteiger partial charge in [0.2, 0.25) is 5.78 Å². The van der Waals surface area contributed by atoms with Gasteiger partial charge < -0.3 is 9.72 Å². The molecule has 2 aromatic rings. The highest BCUT2D eigenvalue weighted by molar-refractivity contribution is 6.04. The van der Waals surface area contributed by atoms with E-state index in [-0.39, 0.29) is 22.7 Å². The lowest BCUT2D eigenvalue weighted by Crippen LogP contribution is -2.16. The molecule has 1 N–H and O–H groups in total. The molecule has 0 unspecified atom stereocenters. The lowest BCUT2D eigenvalue weighted by atomic mass is 10.1. The van der Waals surface area contributed by atoms with E-state index in [0.29, 0.717) is 22.4 Å². The van der Waals surface area contributed by atoms with Crippen molar-refractivity contribution in [1.82, 2.24) is 4.98 Å². The molecule has 0 amide bonds. The maximum absolute atomic E-state index is 12.3. The van der Waals surface area contributed by atoms with Crippen LogP contribution in [0.2, 0.25) is 0 Å². The zero-order chi connectivity index (χ0) is 19.6. The minimum Gasteiger partial charge on any atom is -0.453 e. The molecule has 0 aliphatic carbocycles. The fourth-order valence-electron chi connectivity index (χ4n) is 2.90. The number of aromatic nitrogens is 1. The van der Waals surface area contributed by atoms with Gasteiger partial charge in [-0.3, -0.25) is 19.7 Å². The van der Waals surface area contributed by atoms with Crippen molar-refractivity contribution in [2.45, 2.75) is 27.7 Å².